The van der Waals surface area contributed by atoms with Crippen molar-refractivity contribution in [2.24, 2.45) is 5.92 Å². The molecule has 6 heteroatoms. The predicted octanol–water partition coefficient (Wildman–Crippen LogP) is 0.955. The van der Waals surface area contributed by atoms with Crippen LogP contribution in [0.3, 0.4) is 0 Å². The van der Waals surface area contributed by atoms with Gasteiger partial charge in [-0.1, -0.05) is 6.92 Å². The number of aliphatic carboxylic acids is 1. The van der Waals surface area contributed by atoms with Crippen molar-refractivity contribution >= 4 is 11.9 Å². The molecule has 0 saturated heterocycles. The molecule has 0 radical (unpaired) electrons. The Morgan fingerprint density at radius 1 is 1.61 bits per heavy atom. The van der Waals surface area contributed by atoms with Gasteiger partial charge in [0.2, 0.25) is 0 Å². The van der Waals surface area contributed by atoms with Gasteiger partial charge in [0.25, 0.3) is 5.91 Å². The summed E-state index contributed by atoms with van der Waals surface area (Å²) in [7, 11) is 0. The maximum atomic E-state index is 12.0. The molecule has 2 rings (SSSR count). The molecule has 3 N–H and O–H groups in total. The standard InChI is InChI=1S/C12H17N3O3/c1-3-8-6-9(15-14-8)10(16)13-12(2,11(17)18)7-4-5-7/h6-7H,3-5H2,1-2H3,(H,13,16)(H,14,15)(H,17,18)/t12-/m0/s1. The number of hydrogen-bond donors (Lipinski definition) is 3. The number of H-pyrrole nitrogens is 1. The van der Waals surface area contributed by atoms with Gasteiger partial charge < -0.3 is 10.4 Å². The molecule has 1 amide bonds. The first-order valence-corrected chi connectivity index (χ1v) is 6.07. The van der Waals surface area contributed by atoms with Crippen molar-refractivity contribution in [3.05, 3.63) is 17.5 Å². The van der Waals surface area contributed by atoms with Crippen LogP contribution in [-0.2, 0) is 11.2 Å². The van der Waals surface area contributed by atoms with E-state index < -0.39 is 17.4 Å². The molecule has 1 atom stereocenters. The Labute approximate surface area is 105 Å². The van der Waals surface area contributed by atoms with Gasteiger partial charge in [-0.25, -0.2) is 4.79 Å². The number of carboxylic acid groups (broad SMARTS) is 1. The number of nitrogens with one attached hydrogen (secondary N) is 2. The maximum absolute atomic E-state index is 12.0. The second-order valence-electron chi connectivity index (χ2n) is 4.87. The van der Waals surface area contributed by atoms with E-state index in [2.05, 4.69) is 15.5 Å². The van der Waals surface area contributed by atoms with Crippen molar-refractivity contribution in [1.29, 1.82) is 0 Å². The van der Waals surface area contributed by atoms with Crippen LogP contribution >= 0.6 is 0 Å². The highest BCUT2D eigenvalue weighted by Crippen LogP contribution is 2.39. The van der Waals surface area contributed by atoms with Gasteiger partial charge in [0.1, 0.15) is 11.2 Å². The Balaban J connectivity index is 2.12. The van der Waals surface area contributed by atoms with E-state index in [9.17, 15) is 14.7 Å². The molecule has 1 heterocycles. The van der Waals surface area contributed by atoms with E-state index in [1.54, 1.807) is 13.0 Å². The van der Waals surface area contributed by atoms with Gasteiger partial charge >= 0.3 is 5.97 Å². The lowest BCUT2D eigenvalue weighted by Crippen LogP contribution is -2.54. The molecule has 0 spiro atoms. The number of aromatic amines is 1. The van der Waals surface area contributed by atoms with Crippen LogP contribution in [-0.4, -0.2) is 32.7 Å². The van der Waals surface area contributed by atoms with Crippen LogP contribution in [0.2, 0.25) is 0 Å². The molecule has 1 aliphatic carbocycles. The smallest absolute Gasteiger partial charge is 0.329 e. The Morgan fingerprint density at radius 3 is 2.72 bits per heavy atom. The molecule has 1 aromatic heterocycles. The Bertz CT molecular complexity index is 479. The number of carboxylic acids is 1. The molecule has 0 aliphatic heterocycles. The van der Waals surface area contributed by atoms with Crippen LogP contribution < -0.4 is 5.32 Å². The first-order valence-electron chi connectivity index (χ1n) is 6.07. The number of carbonyl (C=O) groups excluding carboxylic acids is 1. The fourth-order valence-corrected chi connectivity index (χ4v) is 1.95. The number of amides is 1. The van der Waals surface area contributed by atoms with E-state index in [1.807, 2.05) is 6.92 Å². The summed E-state index contributed by atoms with van der Waals surface area (Å²) in [5.41, 5.74) is -0.105. The van der Waals surface area contributed by atoms with Crippen molar-refractivity contribution in [3.8, 4) is 0 Å². The normalized spacial score (nSPS) is 18.1. The average Bonchev–Trinajstić information content (AvgIpc) is 3.07. The van der Waals surface area contributed by atoms with Gasteiger partial charge in [-0.3, -0.25) is 9.89 Å². The highest BCUT2D eigenvalue weighted by atomic mass is 16.4. The molecule has 6 nitrogen and oxygen atoms in total. The van der Waals surface area contributed by atoms with Crippen LogP contribution in [0.1, 0.15) is 42.9 Å². The topological polar surface area (TPSA) is 95.1 Å². The van der Waals surface area contributed by atoms with E-state index >= 15 is 0 Å². The van der Waals surface area contributed by atoms with Crippen LogP contribution in [0.25, 0.3) is 0 Å². The minimum absolute atomic E-state index is 0.0172. The lowest BCUT2D eigenvalue weighted by Gasteiger charge is -2.25. The molecule has 1 fully saturated rings. The summed E-state index contributed by atoms with van der Waals surface area (Å²) < 4.78 is 0. The van der Waals surface area contributed by atoms with E-state index in [-0.39, 0.29) is 11.6 Å². The van der Waals surface area contributed by atoms with Crippen molar-refractivity contribution in [3.63, 3.8) is 0 Å². The van der Waals surface area contributed by atoms with Gasteiger partial charge in [-0.15, -0.1) is 0 Å². The summed E-state index contributed by atoms with van der Waals surface area (Å²) in [4.78, 5) is 23.3. The zero-order chi connectivity index (χ0) is 13.3. The number of rotatable bonds is 5. The number of carbonyl (C=O) groups is 2. The van der Waals surface area contributed by atoms with Crippen LogP contribution in [0.5, 0.6) is 0 Å². The zero-order valence-corrected chi connectivity index (χ0v) is 10.5. The lowest BCUT2D eigenvalue weighted by molar-refractivity contribution is -0.144. The predicted molar refractivity (Wildman–Crippen MR) is 64.2 cm³/mol. The molecule has 0 unspecified atom stereocenters. The van der Waals surface area contributed by atoms with E-state index in [0.717, 1.165) is 25.0 Å². The van der Waals surface area contributed by atoms with Gasteiger partial charge in [-0.05, 0) is 38.2 Å². The molecule has 18 heavy (non-hydrogen) atoms. The molecular formula is C12H17N3O3. The largest absolute Gasteiger partial charge is 0.480 e. The SMILES string of the molecule is CCc1cc(C(=O)N[C@](C)(C(=O)O)C2CC2)n[nH]1. The van der Waals surface area contributed by atoms with Crippen molar-refractivity contribution in [1.82, 2.24) is 15.5 Å². The minimum atomic E-state index is -1.19. The third-order valence-corrected chi connectivity index (χ3v) is 3.46. The van der Waals surface area contributed by atoms with Crippen LogP contribution in [0.4, 0.5) is 0 Å². The number of nitrogens with zero attached hydrogens (tertiary/aromatic N) is 1. The minimum Gasteiger partial charge on any atom is -0.480 e. The van der Waals surface area contributed by atoms with Gasteiger partial charge in [0.05, 0.1) is 0 Å². The van der Waals surface area contributed by atoms with Gasteiger partial charge in [-0.2, -0.15) is 5.10 Å². The lowest BCUT2D eigenvalue weighted by atomic mass is 9.96. The number of aryl methyl sites for hydroxylation is 1. The number of aromatic nitrogens is 2. The van der Waals surface area contributed by atoms with Crippen molar-refractivity contribution < 1.29 is 14.7 Å². The van der Waals surface area contributed by atoms with E-state index in [0.29, 0.717) is 0 Å². The molecule has 0 bridgehead atoms. The summed E-state index contributed by atoms with van der Waals surface area (Å²) in [5, 5.41) is 18.5. The first-order chi connectivity index (χ1) is 8.47. The third kappa shape index (κ3) is 2.23. The van der Waals surface area contributed by atoms with E-state index in [4.69, 9.17) is 0 Å². The van der Waals surface area contributed by atoms with Crippen molar-refractivity contribution in [2.75, 3.05) is 0 Å². The van der Waals surface area contributed by atoms with Gasteiger partial charge in [0.15, 0.2) is 0 Å². The summed E-state index contributed by atoms with van der Waals surface area (Å²) >= 11 is 0. The molecule has 98 valence electrons. The third-order valence-electron chi connectivity index (χ3n) is 3.46. The van der Waals surface area contributed by atoms with Crippen LogP contribution in [0, 0.1) is 5.92 Å². The summed E-state index contributed by atoms with van der Waals surface area (Å²) in [6.07, 6.45) is 2.42. The zero-order valence-electron chi connectivity index (χ0n) is 10.5. The second-order valence-corrected chi connectivity index (χ2v) is 4.87. The average molecular weight is 251 g/mol. The quantitative estimate of drug-likeness (QED) is 0.726. The van der Waals surface area contributed by atoms with Gasteiger partial charge in [0, 0.05) is 5.69 Å². The Hall–Kier alpha value is -1.85. The number of hydrogen-bond acceptors (Lipinski definition) is 3. The van der Waals surface area contributed by atoms with Crippen LogP contribution in [0.15, 0.2) is 6.07 Å². The Morgan fingerprint density at radius 2 is 2.28 bits per heavy atom. The van der Waals surface area contributed by atoms with Crippen molar-refractivity contribution in [2.45, 2.75) is 38.6 Å². The molecule has 1 saturated carbocycles. The summed E-state index contributed by atoms with van der Waals surface area (Å²) in [5.74, 6) is -1.42. The molecule has 1 aromatic rings. The summed E-state index contributed by atoms with van der Waals surface area (Å²) in [6, 6.07) is 1.64. The molecular weight excluding hydrogens is 234 g/mol. The first kappa shape index (κ1) is 12.6. The fraction of sp³-hybridized carbons (Fsp3) is 0.583. The summed E-state index contributed by atoms with van der Waals surface area (Å²) in [6.45, 7) is 3.50. The fourth-order valence-electron chi connectivity index (χ4n) is 1.95. The maximum Gasteiger partial charge on any atom is 0.329 e. The second kappa shape index (κ2) is 4.44. The highest BCUT2D eigenvalue weighted by molar-refractivity contribution is 5.96. The Kier molecular flexibility index (Phi) is 3.11. The monoisotopic (exact) mass is 251 g/mol. The van der Waals surface area contributed by atoms with E-state index in [1.165, 1.54) is 0 Å². The molecule has 1 aliphatic rings. The highest BCUT2D eigenvalue weighted by Gasteiger charge is 2.48. The molecule has 0 aromatic carbocycles.